The summed E-state index contributed by atoms with van der Waals surface area (Å²) in [5.74, 6) is 0.0657. The molecule has 0 bridgehead atoms. The Morgan fingerprint density at radius 2 is 1.00 bits per heavy atom. The van der Waals surface area contributed by atoms with E-state index in [1.165, 1.54) is 13.8 Å². The maximum atomic E-state index is 11.4. The van der Waals surface area contributed by atoms with Gasteiger partial charge in [0.05, 0.1) is 0 Å². The molecule has 0 saturated heterocycles. The zero-order chi connectivity index (χ0) is 27.6. The van der Waals surface area contributed by atoms with Gasteiger partial charge in [0, 0.05) is 16.6 Å². The van der Waals surface area contributed by atoms with E-state index >= 15 is 0 Å². The molecular weight excluding hydrogens is 500 g/mol. The quantitative estimate of drug-likeness (QED) is 0.252. The molecule has 0 aliphatic heterocycles. The Bertz CT molecular complexity index is 985. The van der Waals surface area contributed by atoms with Crippen molar-refractivity contribution >= 4 is 11.9 Å². The van der Waals surface area contributed by atoms with Gasteiger partial charge in [-0.15, -0.1) is 0 Å². The Morgan fingerprint density at radius 3 is 1.28 bits per heavy atom. The summed E-state index contributed by atoms with van der Waals surface area (Å²) >= 11 is 0. The molecule has 0 spiro atoms. The molecule has 2 aromatic carbocycles. The van der Waals surface area contributed by atoms with E-state index in [1.807, 2.05) is 48.5 Å². The summed E-state index contributed by atoms with van der Waals surface area (Å²) in [7, 11) is 0. The minimum Gasteiger partial charge on any atom is -0.491 e. The Kier molecular flexibility index (Phi) is 14.8. The molecule has 0 amide bonds. The van der Waals surface area contributed by atoms with Crippen LogP contribution in [0.25, 0.3) is 0 Å². The third-order valence-corrected chi connectivity index (χ3v) is 5.55. The molecule has 0 saturated carbocycles. The summed E-state index contributed by atoms with van der Waals surface area (Å²) in [6.07, 6.45) is -1.90. The van der Waals surface area contributed by atoms with Crippen molar-refractivity contribution in [2.24, 2.45) is 0 Å². The third kappa shape index (κ3) is 11.3. The lowest BCUT2D eigenvalue weighted by Gasteiger charge is -2.26. The van der Waals surface area contributed by atoms with E-state index in [2.05, 4.69) is 27.0 Å². The first-order chi connectivity index (χ1) is 17.4. The fraction of sp³-hybridized carbons (Fsp3) is 0.419. The minimum atomic E-state index is -0.951. The standard InChI is InChI=1S/C29H36O8.2CH4/c1-19(2)27(32)36-17-23(30)15-34-25-11-7-21(8-12-25)29(5,6)22-9-13-26(14-10-22)35-16-24(31)18-37-28(33)20(3)4;;/h7-14,23-24,30-31H,1,3,15-18H2,2,4-6H3;2*1H4. The highest BCUT2D eigenvalue weighted by molar-refractivity contribution is 5.87. The van der Waals surface area contributed by atoms with Gasteiger partial charge in [-0.2, -0.15) is 0 Å². The van der Waals surface area contributed by atoms with Gasteiger partial charge in [0.2, 0.25) is 0 Å². The number of ether oxygens (including phenoxy) is 4. The van der Waals surface area contributed by atoms with Crippen LogP contribution in [0, 0.1) is 0 Å². The van der Waals surface area contributed by atoms with Gasteiger partial charge in [0.15, 0.2) is 0 Å². The van der Waals surface area contributed by atoms with Crippen LogP contribution in [-0.2, 0) is 24.5 Å². The van der Waals surface area contributed by atoms with E-state index < -0.39 is 24.1 Å². The van der Waals surface area contributed by atoms with Gasteiger partial charge in [0.25, 0.3) is 0 Å². The summed E-state index contributed by atoms with van der Waals surface area (Å²) in [6, 6.07) is 15.1. The lowest BCUT2D eigenvalue weighted by atomic mass is 9.78. The van der Waals surface area contributed by atoms with Gasteiger partial charge in [0.1, 0.15) is 50.1 Å². The Morgan fingerprint density at radius 1 is 0.692 bits per heavy atom. The molecule has 0 aliphatic carbocycles. The molecule has 2 atom stereocenters. The maximum Gasteiger partial charge on any atom is 0.333 e. The molecule has 2 aromatic rings. The van der Waals surface area contributed by atoms with Crippen molar-refractivity contribution in [3.63, 3.8) is 0 Å². The van der Waals surface area contributed by atoms with Gasteiger partial charge >= 0.3 is 11.9 Å². The summed E-state index contributed by atoms with van der Waals surface area (Å²) in [4.78, 5) is 22.8. The third-order valence-electron chi connectivity index (χ3n) is 5.55. The second kappa shape index (κ2) is 16.4. The van der Waals surface area contributed by atoms with Gasteiger partial charge in [-0.1, -0.05) is 66.1 Å². The highest BCUT2D eigenvalue weighted by Crippen LogP contribution is 2.33. The minimum absolute atomic E-state index is 0. The molecular formula is C31H44O8. The van der Waals surface area contributed by atoms with Crippen LogP contribution in [0.15, 0.2) is 72.8 Å². The molecule has 2 N–H and O–H groups in total. The topological polar surface area (TPSA) is 112 Å². The normalized spacial score (nSPS) is 12.1. The number of hydrogen-bond acceptors (Lipinski definition) is 8. The SMILES string of the molecule is C.C.C=C(C)C(=O)OCC(O)COc1ccc(C(C)(C)c2ccc(OCC(O)COC(=O)C(=C)C)cc2)cc1. The first-order valence-corrected chi connectivity index (χ1v) is 11.9. The zero-order valence-corrected chi connectivity index (χ0v) is 21.9. The van der Waals surface area contributed by atoms with Crippen LogP contribution >= 0.6 is 0 Å². The van der Waals surface area contributed by atoms with E-state index in [0.29, 0.717) is 11.5 Å². The molecule has 2 rings (SSSR count). The van der Waals surface area contributed by atoms with Gasteiger partial charge in [-0.3, -0.25) is 0 Å². The average molecular weight is 545 g/mol. The van der Waals surface area contributed by atoms with Crippen LogP contribution in [0.5, 0.6) is 11.5 Å². The number of esters is 2. The largest absolute Gasteiger partial charge is 0.491 e. The van der Waals surface area contributed by atoms with Crippen LogP contribution in [0.1, 0.15) is 53.7 Å². The van der Waals surface area contributed by atoms with Crippen LogP contribution in [-0.4, -0.2) is 60.8 Å². The number of benzene rings is 2. The Labute approximate surface area is 232 Å². The van der Waals surface area contributed by atoms with Crippen molar-refractivity contribution in [1.82, 2.24) is 0 Å². The molecule has 0 radical (unpaired) electrons. The predicted octanol–water partition coefficient (Wildman–Crippen LogP) is 5.00. The molecule has 8 heteroatoms. The van der Waals surface area contributed by atoms with Crippen molar-refractivity contribution in [2.75, 3.05) is 26.4 Å². The second-order valence-corrected chi connectivity index (χ2v) is 9.36. The first-order valence-electron chi connectivity index (χ1n) is 11.9. The molecule has 0 aliphatic rings. The van der Waals surface area contributed by atoms with Crippen molar-refractivity contribution in [3.8, 4) is 11.5 Å². The van der Waals surface area contributed by atoms with E-state index in [1.54, 1.807) is 0 Å². The number of carbonyl (C=O) groups excluding carboxylic acids is 2. The molecule has 8 nitrogen and oxygen atoms in total. The monoisotopic (exact) mass is 544 g/mol. The summed E-state index contributed by atoms with van der Waals surface area (Å²) < 4.78 is 21.0. The summed E-state index contributed by atoms with van der Waals surface area (Å²) in [5.41, 5.74) is 2.33. The smallest absolute Gasteiger partial charge is 0.333 e. The van der Waals surface area contributed by atoms with Crippen molar-refractivity contribution in [2.45, 2.75) is 60.2 Å². The average Bonchev–Trinajstić information content (AvgIpc) is 2.88. The summed E-state index contributed by atoms with van der Waals surface area (Å²) in [6.45, 7) is 13.9. The van der Waals surface area contributed by atoms with E-state index in [0.717, 1.165) is 11.1 Å². The Balaban J connectivity index is 0.00000722. The fourth-order valence-electron chi connectivity index (χ4n) is 3.17. The molecule has 216 valence electrons. The Hall–Kier alpha value is -3.62. The van der Waals surface area contributed by atoms with E-state index in [4.69, 9.17) is 18.9 Å². The number of hydrogen-bond donors (Lipinski definition) is 2. The van der Waals surface area contributed by atoms with Crippen molar-refractivity contribution in [3.05, 3.63) is 84.0 Å². The maximum absolute atomic E-state index is 11.4. The number of aliphatic hydroxyl groups excluding tert-OH is 2. The van der Waals surface area contributed by atoms with Crippen LogP contribution in [0.3, 0.4) is 0 Å². The van der Waals surface area contributed by atoms with Gasteiger partial charge < -0.3 is 29.2 Å². The number of rotatable bonds is 14. The van der Waals surface area contributed by atoms with Crippen LogP contribution < -0.4 is 9.47 Å². The first kappa shape index (κ1) is 35.4. The number of carbonyl (C=O) groups is 2. The highest BCUT2D eigenvalue weighted by Gasteiger charge is 2.23. The van der Waals surface area contributed by atoms with Gasteiger partial charge in [-0.05, 0) is 49.2 Å². The van der Waals surface area contributed by atoms with Crippen LogP contribution in [0.4, 0.5) is 0 Å². The molecule has 2 unspecified atom stereocenters. The fourth-order valence-corrected chi connectivity index (χ4v) is 3.17. The van der Waals surface area contributed by atoms with Crippen molar-refractivity contribution < 1.29 is 38.7 Å². The lowest BCUT2D eigenvalue weighted by Crippen LogP contribution is -2.25. The van der Waals surface area contributed by atoms with Gasteiger partial charge in [-0.25, -0.2) is 9.59 Å². The molecule has 0 aromatic heterocycles. The van der Waals surface area contributed by atoms with E-state index in [-0.39, 0.29) is 57.8 Å². The van der Waals surface area contributed by atoms with Crippen LogP contribution in [0.2, 0.25) is 0 Å². The molecule has 0 fully saturated rings. The lowest BCUT2D eigenvalue weighted by molar-refractivity contribution is -0.143. The predicted molar refractivity (Wildman–Crippen MR) is 153 cm³/mol. The number of aliphatic hydroxyl groups is 2. The zero-order valence-electron chi connectivity index (χ0n) is 21.9. The molecule has 39 heavy (non-hydrogen) atoms. The summed E-state index contributed by atoms with van der Waals surface area (Å²) in [5, 5.41) is 19.9. The molecule has 0 heterocycles. The van der Waals surface area contributed by atoms with Crippen molar-refractivity contribution in [1.29, 1.82) is 0 Å². The second-order valence-electron chi connectivity index (χ2n) is 9.36. The van der Waals surface area contributed by atoms with E-state index in [9.17, 15) is 19.8 Å². The highest BCUT2D eigenvalue weighted by atomic mass is 16.6.